The number of thiophene rings is 1. The fourth-order valence-electron chi connectivity index (χ4n) is 8.07. The third kappa shape index (κ3) is 4.54. The van der Waals surface area contributed by atoms with E-state index < -0.39 is 0 Å². The minimum Gasteiger partial charge on any atom is -0.456 e. The van der Waals surface area contributed by atoms with Crippen molar-refractivity contribution in [3.05, 3.63) is 161 Å². The number of nitrogens with one attached hydrogen (secondary N) is 2. The first kappa shape index (κ1) is 28.8. The van der Waals surface area contributed by atoms with Gasteiger partial charge in [-0.2, -0.15) is 0 Å². The van der Waals surface area contributed by atoms with Crippen LogP contribution in [-0.4, -0.2) is 5.84 Å². The summed E-state index contributed by atoms with van der Waals surface area (Å²) in [7, 11) is 0. The van der Waals surface area contributed by atoms with E-state index in [1.807, 2.05) is 23.5 Å². The van der Waals surface area contributed by atoms with E-state index in [-0.39, 0.29) is 12.3 Å². The lowest BCUT2D eigenvalue weighted by Crippen LogP contribution is -2.45. The van der Waals surface area contributed by atoms with Crippen molar-refractivity contribution in [1.82, 2.24) is 10.6 Å². The summed E-state index contributed by atoms with van der Waals surface area (Å²) in [6.07, 6.45) is 3.92. The van der Waals surface area contributed by atoms with Crippen LogP contribution < -0.4 is 10.6 Å². The summed E-state index contributed by atoms with van der Waals surface area (Å²) in [6, 6.07) is 46.8. The first-order valence-electron chi connectivity index (χ1n) is 17.5. The first-order chi connectivity index (χ1) is 25.3. The van der Waals surface area contributed by atoms with Crippen molar-refractivity contribution in [2.24, 2.45) is 4.99 Å². The monoisotopic (exact) mass is 677 g/mol. The van der Waals surface area contributed by atoms with Crippen molar-refractivity contribution in [2.45, 2.75) is 25.2 Å². The van der Waals surface area contributed by atoms with E-state index in [2.05, 4.69) is 138 Å². The molecule has 0 saturated heterocycles. The van der Waals surface area contributed by atoms with Crippen LogP contribution in [0.4, 0.5) is 0 Å². The van der Waals surface area contributed by atoms with Crippen LogP contribution >= 0.6 is 11.3 Å². The van der Waals surface area contributed by atoms with Crippen molar-refractivity contribution in [3.63, 3.8) is 0 Å². The molecule has 2 aliphatic rings. The standard InChI is InChI=1S/C45H31N3O2S/c1-2-11-26(12-3-1)43-46-44(48-45(47-43)36-20-10-18-34-31-14-5-7-22-39(31)51-42(34)36)35-19-9-17-33-30-24-23-27(25-38(30)50-41(33)35)28-15-8-16-32-29-13-4-6-21-37(29)49-40(28)32/h1-9,11-17,19-25,43-44,46H,10,18H2,(H,47,48). The molecule has 4 heterocycles. The highest BCUT2D eigenvalue weighted by atomic mass is 32.1. The number of benzene rings is 6. The minimum absolute atomic E-state index is 0.233. The molecule has 6 heteroatoms. The molecule has 0 radical (unpaired) electrons. The van der Waals surface area contributed by atoms with Crippen molar-refractivity contribution < 1.29 is 8.83 Å². The van der Waals surface area contributed by atoms with Crippen LogP contribution in [0.2, 0.25) is 0 Å². The zero-order valence-corrected chi connectivity index (χ0v) is 28.3. The minimum atomic E-state index is -0.239. The van der Waals surface area contributed by atoms with E-state index in [1.54, 1.807) is 0 Å². The lowest BCUT2D eigenvalue weighted by atomic mass is 9.94. The SMILES string of the molecule is C1=C(C2=NC(c3ccccc3)NC(c3cccc4c3oc3cc(-c5cccc6c5oc5ccccc56)ccc34)N2)c2sc3ccccc3c2CC1. The second-order valence-electron chi connectivity index (χ2n) is 13.4. The molecule has 5 nitrogen and oxygen atoms in total. The number of rotatable bonds is 4. The highest BCUT2D eigenvalue weighted by Gasteiger charge is 2.31. The number of furan rings is 2. The molecule has 2 N–H and O–H groups in total. The highest BCUT2D eigenvalue weighted by Crippen LogP contribution is 2.43. The van der Waals surface area contributed by atoms with Gasteiger partial charge < -0.3 is 14.2 Å². The molecular weight excluding hydrogens is 647 g/mol. The zero-order valence-electron chi connectivity index (χ0n) is 27.5. The van der Waals surface area contributed by atoms with Gasteiger partial charge in [-0.1, -0.05) is 115 Å². The van der Waals surface area contributed by atoms with E-state index in [9.17, 15) is 0 Å². The predicted molar refractivity (Wildman–Crippen MR) is 210 cm³/mol. The number of fused-ring (bicyclic) bond motifs is 9. The van der Waals surface area contributed by atoms with E-state index >= 15 is 0 Å². The number of hydrogen-bond donors (Lipinski definition) is 2. The molecule has 2 unspecified atom stereocenters. The van der Waals surface area contributed by atoms with Crippen LogP contribution in [0.15, 0.2) is 153 Å². The molecule has 3 aromatic heterocycles. The number of nitrogens with zero attached hydrogens (tertiary/aromatic N) is 1. The average Bonchev–Trinajstić information content (AvgIpc) is 3.89. The third-order valence-corrected chi connectivity index (χ3v) is 11.7. The first-order valence-corrected chi connectivity index (χ1v) is 18.3. The molecule has 2 atom stereocenters. The summed E-state index contributed by atoms with van der Waals surface area (Å²) in [5.41, 5.74) is 10.4. The normalized spacial score (nSPS) is 17.6. The summed E-state index contributed by atoms with van der Waals surface area (Å²) in [5.74, 6) is 0.912. The maximum atomic E-state index is 6.82. The van der Waals surface area contributed by atoms with Crippen molar-refractivity contribution in [3.8, 4) is 11.1 Å². The van der Waals surface area contributed by atoms with Gasteiger partial charge in [-0.15, -0.1) is 11.3 Å². The molecule has 0 saturated carbocycles. The molecule has 1 aliphatic heterocycles. The maximum Gasteiger partial charge on any atom is 0.143 e. The summed E-state index contributed by atoms with van der Waals surface area (Å²) in [5, 5.41) is 13.4. The second kappa shape index (κ2) is 11.3. The maximum absolute atomic E-state index is 6.82. The predicted octanol–water partition coefficient (Wildman–Crippen LogP) is 11.7. The van der Waals surface area contributed by atoms with Crippen LogP contribution in [-0.2, 0) is 6.42 Å². The van der Waals surface area contributed by atoms with Gasteiger partial charge >= 0.3 is 0 Å². The van der Waals surface area contributed by atoms with Gasteiger partial charge in [-0.25, -0.2) is 4.99 Å². The number of hydrogen-bond acceptors (Lipinski definition) is 6. The van der Waals surface area contributed by atoms with Gasteiger partial charge in [0.15, 0.2) is 0 Å². The molecule has 0 bridgehead atoms. The number of amidine groups is 1. The van der Waals surface area contributed by atoms with E-state index in [0.29, 0.717) is 0 Å². The fourth-order valence-corrected chi connectivity index (χ4v) is 9.37. The lowest BCUT2D eigenvalue weighted by molar-refractivity contribution is 0.409. The second-order valence-corrected chi connectivity index (χ2v) is 14.5. The molecule has 0 spiro atoms. The summed E-state index contributed by atoms with van der Waals surface area (Å²) in [6.45, 7) is 0. The smallest absolute Gasteiger partial charge is 0.143 e. The van der Waals surface area contributed by atoms with Crippen molar-refractivity contribution >= 4 is 76.7 Å². The molecule has 0 fully saturated rings. The molecule has 0 amide bonds. The van der Waals surface area contributed by atoms with Gasteiger partial charge in [-0.3, -0.25) is 5.32 Å². The number of aliphatic imine (C=N–C) groups is 1. The van der Waals surface area contributed by atoms with Crippen LogP contribution in [0.3, 0.4) is 0 Å². The quantitative estimate of drug-likeness (QED) is 0.195. The average molecular weight is 678 g/mol. The van der Waals surface area contributed by atoms with E-state index in [0.717, 1.165) is 84.8 Å². The van der Waals surface area contributed by atoms with Crippen LogP contribution in [0.25, 0.3) is 70.7 Å². The molecule has 244 valence electrons. The summed E-state index contributed by atoms with van der Waals surface area (Å²) < 4.78 is 14.5. The Balaban J connectivity index is 1.03. The Hall–Kier alpha value is -5.95. The Morgan fingerprint density at radius 3 is 2.31 bits per heavy atom. The highest BCUT2D eigenvalue weighted by molar-refractivity contribution is 7.20. The van der Waals surface area contributed by atoms with Crippen molar-refractivity contribution in [2.75, 3.05) is 0 Å². The van der Waals surface area contributed by atoms with E-state index in [1.165, 1.54) is 26.1 Å². The topological polar surface area (TPSA) is 62.7 Å². The lowest BCUT2D eigenvalue weighted by Gasteiger charge is -2.33. The molecule has 11 rings (SSSR count). The Kier molecular flexibility index (Phi) is 6.38. The van der Waals surface area contributed by atoms with Crippen molar-refractivity contribution in [1.29, 1.82) is 0 Å². The van der Waals surface area contributed by atoms with Gasteiger partial charge in [0.1, 0.15) is 40.5 Å². The molecule has 9 aromatic rings. The molecule has 6 aromatic carbocycles. The largest absolute Gasteiger partial charge is 0.456 e. The van der Waals surface area contributed by atoms with Crippen LogP contribution in [0.5, 0.6) is 0 Å². The Bertz CT molecular complexity index is 2890. The number of para-hydroxylation sites is 3. The third-order valence-electron chi connectivity index (χ3n) is 10.5. The van der Waals surface area contributed by atoms with E-state index in [4.69, 9.17) is 13.8 Å². The summed E-state index contributed by atoms with van der Waals surface area (Å²) >= 11 is 1.87. The summed E-state index contributed by atoms with van der Waals surface area (Å²) in [4.78, 5) is 6.64. The molecule has 51 heavy (non-hydrogen) atoms. The Morgan fingerprint density at radius 1 is 0.647 bits per heavy atom. The Labute approximate surface area is 297 Å². The number of allylic oxidation sites excluding steroid dienone is 1. The van der Waals surface area contributed by atoms with Gasteiger partial charge in [0.2, 0.25) is 0 Å². The zero-order chi connectivity index (χ0) is 33.5. The van der Waals surface area contributed by atoms with Crippen LogP contribution in [0, 0.1) is 0 Å². The molecular formula is C45H31N3O2S. The van der Waals surface area contributed by atoms with Gasteiger partial charge in [0.25, 0.3) is 0 Å². The Morgan fingerprint density at radius 2 is 1.39 bits per heavy atom. The fraction of sp³-hybridized carbons (Fsp3) is 0.0889. The van der Waals surface area contributed by atoms with Gasteiger partial charge in [-0.05, 0) is 59.2 Å². The van der Waals surface area contributed by atoms with Gasteiger partial charge in [0, 0.05) is 47.8 Å². The number of aryl methyl sites for hydroxylation is 1. The van der Waals surface area contributed by atoms with Gasteiger partial charge in [0.05, 0.1) is 0 Å². The van der Waals surface area contributed by atoms with Crippen LogP contribution in [0.1, 0.15) is 40.3 Å². The molecule has 1 aliphatic carbocycles.